The van der Waals surface area contributed by atoms with E-state index in [4.69, 9.17) is 11.6 Å². The number of benzene rings is 2. The lowest BCUT2D eigenvalue weighted by atomic mass is 10.1. The molecule has 1 fully saturated rings. The fraction of sp³-hybridized carbons (Fsp3) is 0.0588. The number of carbonyl (C=O) groups is 2. The number of rotatable bonds is 2. The Balaban J connectivity index is 1.98. The van der Waals surface area contributed by atoms with Crippen LogP contribution in [-0.2, 0) is 4.79 Å². The SMILES string of the molecule is C/C(=C1/SC(=O)N(c2ccc(Cl)cc2)C1=O)c1ccc(O)cc1. The number of phenols is 1. The summed E-state index contributed by atoms with van der Waals surface area (Å²) in [5, 5.41) is 9.55. The van der Waals surface area contributed by atoms with Crippen molar-refractivity contribution in [3.63, 3.8) is 0 Å². The molecule has 0 radical (unpaired) electrons. The normalized spacial score (nSPS) is 16.9. The number of phenolic OH excluding ortho intramolecular Hbond substituents is 1. The van der Waals surface area contributed by atoms with Gasteiger partial charge in [0.05, 0.1) is 10.6 Å². The summed E-state index contributed by atoms with van der Waals surface area (Å²) in [5.41, 5.74) is 1.97. The number of aromatic hydroxyl groups is 1. The Labute approximate surface area is 142 Å². The van der Waals surface area contributed by atoms with Crippen LogP contribution in [0, 0.1) is 0 Å². The number of imide groups is 1. The van der Waals surface area contributed by atoms with Gasteiger partial charge >= 0.3 is 0 Å². The molecule has 116 valence electrons. The first-order chi connectivity index (χ1) is 11.0. The van der Waals surface area contributed by atoms with Gasteiger partial charge in [-0.2, -0.15) is 0 Å². The van der Waals surface area contributed by atoms with Gasteiger partial charge in [-0.05, 0) is 66.2 Å². The van der Waals surface area contributed by atoms with Crippen LogP contribution in [0.4, 0.5) is 10.5 Å². The number of hydrogen-bond donors (Lipinski definition) is 1. The summed E-state index contributed by atoms with van der Waals surface area (Å²) in [6, 6.07) is 13.1. The molecule has 2 aromatic rings. The third-order valence-corrected chi connectivity index (χ3v) is 4.79. The van der Waals surface area contributed by atoms with E-state index in [1.807, 2.05) is 0 Å². The fourth-order valence-electron chi connectivity index (χ4n) is 2.25. The van der Waals surface area contributed by atoms with Crippen LogP contribution in [0.15, 0.2) is 53.4 Å². The molecule has 0 unspecified atom stereocenters. The Bertz CT molecular complexity index is 813. The fourth-order valence-corrected chi connectivity index (χ4v) is 3.28. The second kappa shape index (κ2) is 6.10. The van der Waals surface area contributed by atoms with Crippen LogP contribution in [0.5, 0.6) is 5.75 Å². The Morgan fingerprint density at radius 2 is 1.65 bits per heavy atom. The van der Waals surface area contributed by atoms with Crippen LogP contribution < -0.4 is 4.90 Å². The highest BCUT2D eigenvalue weighted by molar-refractivity contribution is 8.19. The maximum Gasteiger partial charge on any atom is 0.298 e. The molecule has 4 nitrogen and oxygen atoms in total. The number of amides is 2. The van der Waals surface area contributed by atoms with E-state index in [1.54, 1.807) is 55.5 Å². The van der Waals surface area contributed by atoms with E-state index in [1.165, 1.54) is 0 Å². The summed E-state index contributed by atoms with van der Waals surface area (Å²) in [5.74, 6) is -0.205. The van der Waals surface area contributed by atoms with Crippen LogP contribution in [0.2, 0.25) is 5.02 Å². The van der Waals surface area contributed by atoms with Gasteiger partial charge in [0.1, 0.15) is 5.75 Å². The first kappa shape index (κ1) is 15.6. The van der Waals surface area contributed by atoms with Crippen LogP contribution in [0.3, 0.4) is 0 Å². The molecule has 1 aliphatic heterocycles. The third kappa shape index (κ3) is 2.98. The number of anilines is 1. The van der Waals surface area contributed by atoms with Crippen molar-refractivity contribution in [3.05, 3.63) is 64.0 Å². The number of nitrogens with zero attached hydrogens (tertiary/aromatic N) is 1. The molecule has 1 saturated heterocycles. The number of halogens is 1. The van der Waals surface area contributed by atoms with E-state index in [2.05, 4.69) is 0 Å². The van der Waals surface area contributed by atoms with Crippen molar-refractivity contribution in [2.24, 2.45) is 0 Å². The molecule has 0 aromatic heterocycles. The average molecular weight is 346 g/mol. The van der Waals surface area contributed by atoms with Crippen molar-refractivity contribution in [2.45, 2.75) is 6.92 Å². The first-order valence-corrected chi connectivity index (χ1v) is 7.99. The first-order valence-electron chi connectivity index (χ1n) is 6.79. The molecule has 1 N–H and O–H groups in total. The summed E-state index contributed by atoms with van der Waals surface area (Å²) in [7, 11) is 0. The molecule has 0 spiro atoms. The minimum atomic E-state index is -0.354. The Morgan fingerprint density at radius 1 is 1.04 bits per heavy atom. The van der Waals surface area contributed by atoms with Gasteiger partial charge in [-0.1, -0.05) is 23.7 Å². The number of hydrogen-bond acceptors (Lipinski definition) is 4. The van der Waals surface area contributed by atoms with Gasteiger partial charge in [0.2, 0.25) is 0 Å². The van der Waals surface area contributed by atoms with Gasteiger partial charge < -0.3 is 5.11 Å². The van der Waals surface area contributed by atoms with Crippen molar-refractivity contribution in [1.82, 2.24) is 0 Å². The second-order valence-electron chi connectivity index (χ2n) is 4.99. The average Bonchev–Trinajstić information content (AvgIpc) is 2.83. The summed E-state index contributed by atoms with van der Waals surface area (Å²) >= 11 is 6.75. The molecule has 1 aliphatic rings. The van der Waals surface area contributed by atoms with Gasteiger partial charge in [0.25, 0.3) is 11.1 Å². The summed E-state index contributed by atoms with van der Waals surface area (Å²) in [4.78, 5) is 26.4. The summed E-state index contributed by atoms with van der Waals surface area (Å²) in [6.45, 7) is 1.78. The number of carbonyl (C=O) groups excluding carboxylic acids is 2. The van der Waals surface area contributed by atoms with Gasteiger partial charge in [0, 0.05) is 5.02 Å². The van der Waals surface area contributed by atoms with E-state index in [0.717, 1.165) is 22.2 Å². The maximum absolute atomic E-state index is 12.6. The molecule has 6 heteroatoms. The highest BCUT2D eigenvalue weighted by Gasteiger charge is 2.37. The monoisotopic (exact) mass is 345 g/mol. The summed E-state index contributed by atoms with van der Waals surface area (Å²) in [6.07, 6.45) is 0. The highest BCUT2D eigenvalue weighted by atomic mass is 35.5. The Morgan fingerprint density at radius 3 is 2.26 bits per heavy atom. The minimum Gasteiger partial charge on any atom is -0.508 e. The van der Waals surface area contributed by atoms with Gasteiger partial charge in [0.15, 0.2) is 0 Å². The summed E-state index contributed by atoms with van der Waals surface area (Å²) < 4.78 is 0. The largest absolute Gasteiger partial charge is 0.508 e. The Hall–Kier alpha value is -2.24. The predicted molar refractivity (Wildman–Crippen MR) is 92.6 cm³/mol. The lowest BCUT2D eigenvalue weighted by molar-refractivity contribution is -0.113. The molecule has 0 atom stereocenters. The topological polar surface area (TPSA) is 57.6 Å². The van der Waals surface area contributed by atoms with Crippen molar-refractivity contribution < 1.29 is 14.7 Å². The molecule has 23 heavy (non-hydrogen) atoms. The van der Waals surface area contributed by atoms with Crippen molar-refractivity contribution in [1.29, 1.82) is 0 Å². The van der Waals surface area contributed by atoms with Crippen molar-refractivity contribution in [2.75, 3.05) is 4.90 Å². The van der Waals surface area contributed by atoms with E-state index in [9.17, 15) is 14.7 Å². The van der Waals surface area contributed by atoms with Crippen LogP contribution in [0.25, 0.3) is 5.57 Å². The second-order valence-corrected chi connectivity index (χ2v) is 6.38. The third-order valence-electron chi connectivity index (χ3n) is 3.50. The molecule has 0 aliphatic carbocycles. The van der Waals surface area contributed by atoms with E-state index in [0.29, 0.717) is 21.2 Å². The van der Waals surface area contributed by atoms with E-state index >= 15 is 0 Å². The van der Waals surface area contributed by atoms with E-state index in [-0.39, 0.29) is 16.9 Å². The van der Waals surface area contributed by atoms with Gasteiger partial charge in [-0.15, -0.1) is 0 Å². The van der Waals surface area contributed by atoms with Crippen LogP contribution in [0.1, 0.15) is 12.5 Å². The molecular weight excluding hydrogens is 334 g/mol. The molecule has 2 aromatic carbocycles. The van der Waals surface area contributed by atoms with E-state index < -0.39 is 0 Å². The highest BCUT2D eigenvalue weighted by Crippen LogP contribution is 2.39. The molecule has 3 rings (SSSR count). The molecular formula is C17H12ClNO3S. The van der Waals surface area contributed by atoms with Gasteiger partial charge in [-0.3, -0.25) is 9.59 Å². The quantitative estimate of drug-likeness (QED) is 0.803. The molecule has 1 heterocycles. The maximum atomic E-state index is 12.6. The molecule has 2 amide bonds. The lowest BCUT2D eigenvalue weighted by Crippen LogP contribution is -2.27. The van der Waals surface area contributed by atoms with Crippen molar-refractivity contribution in [3.8, 4) is 5.75 Å². The molecule has 0 bridgehead atoms. The van der Waals surface area contributed by atoms with Crippen molar-refractivity contribution >= 4 is 45.8 Å². The van der Waals surface area contributed by atoms with Gasteiger partial charge in [-0.25, -0.2) is 4.90 Å². The molecule has 0 saturated carbocycles. The van der Waals surface area contributed by atoms with Crippen LogP contribution >= 0.6 is 23.4 Å². The minimum absolute atomic E-state index is 0.149. The predicted octanol–water partition coefficient (Wildman–Crippen LogP) is 4.68. The number of thioether (sulfide) groups is 1. The zero-order valence-corrected chi connectivity index (χ0v) is 13.7. The zero-order valence-electron chi connectivity index (χ0n) is 12.1. The smallest absolute Gasteiger partial charge is 0.298 e. The number of allylic oxidation sites excluding steroid dienone is 1. The van der Waals surface area contributed by atoms with Crippen LogP contribution in [-0.4, -0.2) is 16.3 Å². The zero-order chi connectivity index (χ0) is 16.6. The lowest BCUT2D eigenvalue weighted by Gasteiger charge is -2.12. The standard InChI is InChI=1S/C17H12ClNO3S/c1-10(11-2-8-14(20)9-3-11)15-16(21)19(17(22)23-15)13-6-4-12(18)5-7-13/h2-9,20H,1H3/b15-10-. The Kier molecular flexibility index (Phi) is 4.15.